The number of aliphatic hydroxyl groups is 2. The third-order valence-electron chi connectivity index (χ3n) is 10.4. The van der Waals surface area contributed by atoms with Crippen molar-refractivity contribution in [1.82, 2.24) is 28.8 Å². The third-order valence-corrected chi connectivity index (χ3v) is 12.7. The molecule has 0 aliphatic carbocycles. The highest BCUT2D eigenvalue weighted by Crippen LogP contribution is 2.40. The van der Waals surface area contributed by atoms with Crippen molar-refractivity contribution in [3.8, 4) is 11.3 Å². The molecule has 4 aliphatic heterocycles. The van der Waals surface area contributed by atoms with Gasteiger partial charge in [0.1, 0.15) is 0 Å². The molecule has 0 spiro atoms. The molecule has 6 rings (SSSR count). The molecule has 2 aromatic rings. The summed E-state index contributed by atoms with van der Waals surface area (Å²) in [6.07, 6.45) is 2.06. The van der Waals surface area contributed by atoms with Crippen molar-refractivity contribution < 1.29 is 31.8 Å². The van der Waals surface area contributed by atoms with Crippen LogP contribution in [0.2, 0.25) is 0 Å². The number of benzene rings is 1. The Morgan fingerprint density at radius 2 is 1.67 bits per heavy atom. The van der Waals surface area contributed by atoms with Gasteiger partial charge in [-0.05, 0) is 76.8 Å². The van der Waals surface area contributed by atoms with E-state index < -0.39 is 27.9 Å². The predicted octanol–water partition coefficient (Wildman–Crippen LogP) is 3.36. The Labute approximate surface area is 286 Å². The van der Waals surface area contributed by atoms with Crippen molar-refractivity contribution in [3.05, 3.63) is 35.0 Å². The molecule has 0 saturated carbocycles. The van der Waals surface area contributed by atoms with Gasteiger partial charge in [-0.3, -0.25) is 4.68 Å². The minimum absolute atomic E-state index is 0.0773. The van der Waals surface area contributed by atoms with Crippen LogP contribution >= 0.6 is 11.8 Å². The van der Waals surface area contributed by atoms with E-state index in [0.29, 0.717) is 61.0 Å². The largest absolute Gasteiger partial charge is 0.417 e. The SMILES string of the molecule is CS(=O)(=O)N1CCc2c(c(-c3ccc(C(F)(F)F)c(SCCN4CCC(O)CC4)c3)nn2CC(O)CN2CCC(N3CCCC3)CC2)C1. The Morgan fingerprint density at radius 3 is 2.33 bits per heavy atom. The zero-order valence-electron chi connectivity index (χ0n) is 27.7. The van der Waals surface area contributed by atoms with Gasteiger partial charge in [-0.25, -0.2) is 8.42 Å². The van der Waals surface area contributed by atoms with Crippen LogP contribution in [0.1, 0.15) is 55.3 Å². The van der Waals surface area contributed by atoms with Crippen molar-refractivity contribution in [2.45, 2.75) is 87.4 Å². The number of fused-ring (bicyclic) bond motifs is 1. The lowest BCUT2D eigenvalue weighted by Crippen LogP contribution is -2.46. The number of hydrogen-bond acceptors (Lipinski definition) is 9. The van der Waals surface area contributed by atoms with Gasteiger partial charge in [0.15, 0.2) is 0 Å². The summed E-state index contributed by atoms with van der Waals surface area (Å²) in [4.78, 5) is 7.16. The van der Waals surface area contributed by atoms with E-state index >= 15 is 0 Å². The van der Waals surface area contributed by atoms with Crippen LogP contribution in [0, 0.1) is 0 Å². The van der Waals surface area contributed by atoms with Crippen LogP contribution in [0.4, 0.5) is 13.2 Å². The molecule has 1 aromatic heterocycles. The third kappa shape index (κ3) is 8.76. The van der Waals surface area contributed by atoms with E-state index in [2.05, 4.69) is 14.7 Å². The van der Waals surface area contributed by atoms with Gasteiger partial charge in [-0.1, -0.05) is 6.07 Å². The number of hydrogen-bond donors (Lipinski definition) is 2. The molecule has 3 fully saturated rings. The molecule has 1 atom stereocenters. The first kappa shape index (κ1) is 36.1. The lowest BCUT2D eigenvalue weighted by molar-refractivity contribution is -0.139. The second-order valence-corrected chi connectivity index (χ2v) is 17.0. The summed E-state index contributed by atoms with van der Waals surface area (Å²) >= 11 is 1.15. The maximum absolute atomic E-state index is 14.1. The standard InChI is InChI=1S/C33H49F3N6O4S2/c1-48(45,46)41-17-10-30-28(23-41)32(37-42(30)22-27(44)21-39-13-6-25(7-14-39)40-11-2-3-12-40)24-4-5-29(33(34,35)36)31(20-24)47-19-18-38-15-8-26(43)9-16-38/h4-5,20,25-27,43-44H,2-3,6-19,21-23H2,1H3. The first-order chi connectivity index (χ1) is 22.8. The van der Waals surface area contributed by atoms with Gasteiger partial charge < -0.3 is 24.9 Å². The number of aliphatic hydroxyl groups excluding tert-OH is 2. The van der Waals surface area contributed by atoms with Gasteiger partial charge in [0.05, 0.1) is 36.3 Å². The number of β-amino-alcohol motifs (C(OH)–C–C–N with tert-alkyl or cyclic N) is 1. The van der Waals surface area contributed by atoms with Crippen molar-refractivity contribution in [2.75, 3.05) is 70.9 Å². The van der Waals surface area contributed by atoms with Gasteiger partial charge in [-0.2, -0.15) is 22.6 Å². The molecule has 0 amide bonds. The molecule has 4 aliphatic rings. The maximum atomic E-state index is 14.1. The molecule has 1 unspecified atom stereocenters. The lowest BCUT2D eigenvalue weighted by Gasteiger charge is -2.37. The van der Waals surface area contributed by atoms with Crippen LogP contribution in [0.25, 0.3) is 11.3 Å². The molecule has 0 radical (unpaired) electrons. The summed E-state index contributed by atoms with van der Waals surface area (Å²) in [5, 5.41) is 25.9. The molecule has 268 valence electrons. The first-order valence-electron chi connectivity index (χ1n) is 17.3. The zero-order chi connectivity index (χ0) is 34.1. The Balaban J connectivity index is 1.20. The minimum Gasteiger partial charge on any atom is -0.393 e. The van der Waals surface area contributed by atoms with E-state index in [0.717, 1.165) is 68.8 Å². The number of rotatable bonds is 11. The van der Waals surface area contributed by atoms with E-state index in [9.17, 15) is 31.8 Å². The van der Waals surface area contributed by atoms with E-state index in [-0.39, 0.29) is 30.6 Å². The summed E-state index contributed by atoms with van der Waals surface area (Å²) in [7, 11) is -3.51. The van der Waals surface area contributed by atoms with Crippen LogP contribution in [-0.2, 0) is 35.7 Å². The smallest absolute Gasteiger partial charge is 0.393 e. The molecule has 2 N–H and O–H groups in total. The molecular formula is C33H49F3N6O4S2. The molecule has 5 heterocycles. The second kappa shape index (κ2) is 15.3. The monoisotopic (exact) mass is 714 g/mol. The highest BCUT2D eigenvalue weighted by molar-refractivity contribution is 7.99. The van der Waals surface area contributed by atoms with Gasteiger partial charge in [0, 0.05) is 79.2 Å². The minimum atomic E-state index is -4.53. The fraction of sp³-hybridized carbons (Fsp3) is 0.727. The molecule has 3 saturated heterocycles. The number of halogens is 3. The first-order valence-corrected chi connectivity index (χ1v) is 20.1. The summed E-state index contributed by atoms with van der Waals surface area (Å²) in [6.45, 7) is 7.34. The van der Waals surface area contributed by atoms with E-state index in [4.69, 9.17) is 5.10 Å². The average Bonchev–Trinajstić information content (AvgIpc) is 3.70. The van der Waals surface area contributed by atoms with Crippen molar-refractivity contribution in [3.63, 3.8) is 0 Å². The fourth-order valence-electron chi connectivity index (χ4n) is 7.71. The number of alkyl halides is 3. The molecule has 0 bridgehead atoms. The average molecular weight is 715 g/mol. The predicted molar refractivity (Wildman–Crippen MR) is 180 cm³/mol. The zero-order valence-corrected chi connectivity index (χ0v) is 29.4. The number of piperidine rings is 2. The van der Waals surface area contributed by atoms with E-state index in [1.165, 1.54) is 42.4 Å². The van der Waals surface area contributed by atoms with Crippen LogP contribution in [0.3, 0.4) is 0 Å². The molecular weight excluding hydrogens is 666 g/mol. The van der Waals surface area contributed by atoms with E-state index in [1.54, 1.807) is 4.68 Å². The maximum Gasteiger partial charge on any atom is 0.417 e. The van der Waals surface area contributed by atoms with Crippen molar-refractivity contribution in [2.24, 2.45) is 0 Å². The van der Waals surface area contributed by atoms with Gasteiger partial charge in [0.25, 0.3) is 0 Å². The molecule has 15 heteroatoms. The summed E-state index contributed by atoms with van der Waals surface area (Å²) in [6, 6.07) is 4.66. The number of sulfonamides is 1. The Morgan fingerprint density at radius 1 is 0.979 bits per heavy atom. The van der Waals surface area contributed by atoms with Crippen molar-refractivity contribution in [1.29, 1.82) is 0 Å². The number of nitrogens with zero attached hydrogens (tertiary/aromatic N) is 6. The molecule has 1 aromatic carbocycles. The topological polar surface area (TPSA) is 105 Å². The Kier molecular flexibility index (Phi) is 11.5. The normalized spacial score (nSPS) is 22.4. The van der Waals surface area contributed by atoms with E-state index in [1.807, 2.05) is 0 Å². The number of likely N-dealkylation sites (tertiary alicyclic amines) is 3. The molecule has 48 heavy (non-hydrogen) atoms. The summed E-state index contributed by atoms with van der Waals surface area (Å²) in [5.41, 5.74) is 1.74. The van der Waals surface area contributed by atoms with Crippen LogP contribution in [-0.4, -0.2) is 137 Å². The van der Waals surface area contributed by atoms with Crippen LogP contribution in [0.5, 0.6) is 0 Å². The number of aromatic nitrogens is 2. The highest BCUT2D eigenvalue weighted by Gasteiger charge is 2.35. The lowest BCUT2D eigenvalue weighted by atomic mass is 10.0. The summed E-state index contributed by atoms with van der Waals surface area (Å²) < 4.78 is 70.6. The van der Waals surface area contributed by atoms with Crippen LogP contribution in [0.15, 0.2) is 23.1 Å². The van der Waals surface area contributed by atoms with Gasteiger partial charge in [-0.15, -0.1) is 11.8 Å². The Bertz CT molecular complexity index is 1500. The fourth-order valence-corrected chi connectivity index (χ4v) is 9.62. The highest BCUT2D eigenvalue weighted by atomic mass is 32.2. The van der Waals surface area contributed by atoms with Gasteiger partial charge >= 0.3 is 6.18 Å². The number of thioether (sulfide) groups is 1. The second-order valence-electron chi connectivity index (χ2n) is 13.9. The summed E-state index contributed by atoms with van der Waals surface area (Å²) in [5.74, 6) is 0.457. The van der Waals surface area contributed by atoms with Crippen molar-refractivity contribution >= 4 is 21.8 Å². The van der Waals surface area contributed by atoms with Gasteiger partial charge in [0.2, 0.25) is 10.0 Å². The quantitative estimate of drug-likeness (QED) is 0.340. The van der Waals surface area contributed by atoms with Crippen LogP contribution < -0.4 is 0 Å². The Hall–Kier alpha value is -1.72. The molecule has 10 nitrogen and oxygen atoms in total.